The van der Waals surface area contributed by atoms with E-state index in [0.29, 0.717) is 5.69 Å². The number of hydrogen-bond donors (Lipinski definition) is 0. The van der Waals surface area contributed by atoms with Gasteiger partial charge >= 0.3 is 29.6 Å². The molecule has 0 amide bonds. The maximum atomic E-state index is 11.0. The van der Waals surface area contributed by atoms with Crippen molar-refractivity contribution < 1.29 is 39.4 Å². The van der Waals surface area contributed by atoms with Gasteiger partial charge in [0.25, 0.3) is 0 Å². The first-order chi connectivity index (χ1) is 6.18. The standard InChI is InChI=1S/C10H13NO2.Na/c1-8(2)13-10(12)11-9-6-4-3-5-7-9;/h3-8H,1-2H3,(H,11,12);/q;+1/p-1. The number of benzene rings is 1. The molecule has 1 aromatic carbocycles. The van der Waals surface area contributed by atoms with Crippen LogP contribution in [-0.2, 0) is 4.74 Å². The molecule has 0 heterocycles. The molecule has 0 fully saturated rings. The van der Waals surface area contributed by atoms with E-state index in [1.807, 2.05) is 18.2 Å². The Morgan fingerprint density at radius 3 is 2.36 bits per heavy atom. The molecule has 0 unspecified atom stereocenters. The summed E-state index contributed by atoms with van der Waals surface area (Å²) < 4.78 is 4.85. The van der Waals surface area contributed by atoms with Gasteiger partial charge in [0.05, 0.1) is 5.69 Å². The molecular weight excluding hydrogens is 189 g/mol. The van der Waals surface area contributed by atoms with Gasteiger partial charge in [0.2, 0.25) is 0 Å². The number of para-hydroxylation sites is 1. The number of nitrogens with zero attached hydrogens (tertiary/aromatic N) is 1. The molecule has 1 aromatic rings. The van der Waals surface area contributed by atoms with Crippen LogP contribution in [0.15, 0.2) is 35.3 Å². The van der Waals surface area contributed by atoms with Crippen LogP contribution in [0.2, 0.25) is 0 Å². The zero-order valence-corrected chi connectivity index (χ0v) is 10.7. The summed E-state index contributed by atoms with van der Waals surface area (Å²) in [6, 6.07) is 9.01. The van der Waals surface area contributed by atoms with Gasteiger partial charge in [0.15, 0.2) is 6.08 Å². The molecule has 0 aliphatic carbocycles. The van der Waals surface area contributed by atoms with Crippen molar-refractivity contribution in [1.82, 2.24) is 0 Å². The molecule has 0 saturated heterocycles. The van der Waals surface area contributed by atoms with Crippen molar-refractivity contribution in [3.63, 3.8) is 0 Å². The molecular formula is C10H12NNaO2. The third-order valence-electron chi connectivity index (χ3n) is 1.31. The Kier molecular flexibility index (Phi) is 6.62. The zero-order valence-electron chi connectivity index (χ0n) is 8.73. The third-order valence-corrected chi connectivity index (χ3v) is 1.31. The van der Waals surface area contributed by atoms with Crippen LogP contribution in [0.4, 0.5) is 5.69 Å². The molecule has 1 rings (SSSR count). The number of rotatable bonds is 2. The molecule has 4 heteroatoms. The van der Waals surface area contributed by atoms with Crippen LogP contribution >= 0.6 is 0 Å². The zero-order chi connectivity index (χ0) is 9.68. The number of hydrogen-bond acceptors (Lipinski definition) is 3. The quantitative estimate of drug-likeness (QED) is 0.331. The normalized spacial score (nSPS) is 10.9. The van der Waals surface area contributed by atoms with E-state index < -0.39 is 6.08 Å². The average molecular weight is 201 g/mol. The Morgan fingerprint density at radius 1 is 1.29 bits per heavy atom. The molecule has 0 saturated carbocycles. The fraction of sp³-hybridized carbons (Fsp3) is 0.300. The topological polar surface area (TPSA) is 44.6 Å². The van der Waals surface area contributed by atoms with Crippen molar-refractivity contribution in [2.45, 2.75) is 20.0 Å². The second-order valence-electron chi connectivity index (χ2n) is 2.88. The molecule has 0 bridgehead atoms. The SMILES string of the molecule is CC(C)OC([O-])=Nc1ccccc1.[Na+]. The van der Waals surface area contributed by atoms with E-state index in [0.717, 1.165) is 0 Å². The van der Waals surface area contributed by atoms with Crippen LogP contribution in [-0.4, -0.2) is 12.2 Å². The van der Waals surface area contributed by atoms with Crippen LogP contribution in [0.25, 0.3) is 0 Å². The molecule has 0 aliphatic heterocycles. The number of aliphatic imine (C=N–C) groups is 1. The third kappa shape index (κ3) is 5.27. The van der Waals surface area contributed by atoms with Crippen LogP contribution < -0.4 is 34.7 Å². The predicted molar refractivity (Wildman–Crippen MR) is 49.8 cm³/mol. The summed E-state index contributed by atoms with van der Waals surface area (Å²) in [5.41, 5.74) is 0.619. The van der Waals surface area contributed by atoms with Crippen LogP contribution in [0.5, 0.6) is 0 Å². The van der Waals surface area contributed by atoms with Crippen molar-refractivity contribution in [1.29, 1.82) is 0 Å². The van der Waals surface area contributed by atoms with Crippen molar-refractivity contribution in [3.05, 3.63) is 30.3 Å². The molecule has 14 heavy (non-hydrogen) atoms. The first-order valence-corrected chi connectivity index (χ1v) is 4.16. The summed E-state index contributed by atoms with van der Waals surface area (Å²) in [4.78, 5) is 3.74. The molecule has 0 N–H and O–H groups in total. The van der Waals surface area contributed by atoms with Gasteiger partial charge in [0, 0.05) is 6.10 Å². The summed E-state index contributed by atoms with van der Waals surface area (Å²) in [6.07, 6.45) is -0.666. The molecule has 0 radical (unpaired) electrons. The largest absolute Gasteiger partial charge is 1.00 e. The summed E-state index contributed by atoms with van der Waals surface area (Å²) >= 11 is 0. The molecule has 0 aromatic heterocycles. The van der Waals surface area contributed by atoms with Gasteiger partial charge in [-0.2, -0.15) is 0 Å². The first kappa shape index (κ1) is 13.5. The van der Waals surface area contributed by atoms with Gasteiger partial charge < -0.3 is 9.84 Å². The Labute approximate surface area is 106 Å². The summed E-state index contributed by atoms with van der Waals surface area (Å²) in [6.45, 7) is 3.58. The number of ether oxygens (including phenoxy) is 1. The summed E-state index contributed by atoms with van der Waals surface area (Å²) in [5, 5.41) is 11.0. The second kappa shape index (κ2) is 6.87. The molecule has 0 atom stereocenters. The Hall–Kier alpha value is -0.510. The van der Waals surface area contributed by atoms with Gasteiger partial charge in [-0.25, -0.2) is 4.99 Å². The molecule has 0 spiro atoms. The van der Waals surface area contributed by atoms with Crippen LogP contribution in [0.3, 0.4) is 0 Å². The van der Waals surface area contributed by atoms with Crippen molar-refractivity contribution in [2.75, 3.05) is 0 Å². The van der Waals surface area contributed by atoms with E-state index >= 15 is 0 Å². The fourth-order valence-corrected chi connectivity index (χ4v) is 0.836. The average Bonchev–Trinajstić information content (AvgIpc) is 2.04. The van der Waals surface area contributed by atoms with Crippen molar-refractivity contribution in [2.24, 2.45) is 4.99 Å². The monoisotopic (exact) mass is 201 g/mol. The van der Waals surface area contributed by atoms with Gasteiger partial charge in [-0.3, -0.25) is 0 Å². The van der Waals surface area contributed by atoms with E-state index in [1.54, 1.807) is 26.0 Å². The van der Waals surface area contributed by atoms with Crippen molar-refractivity contribution >= 4 is 11.8 Å². The molecule has 0 aliphatic rings. The van der Waals surface area contributed by atoms with E-state index in [4.69, 9.17) is 4.74 Å². The van der Waals surface area contributed by atoms with Gasteiger partial charge in [-0.15, -0.1) is 0 Å². The van der Waals surface area contributed by atoms with Gasteiger partial charge in [-0.05, 0) is 12.1 Å². The van der Waals surface area contributed by atoms with Crippen LogP contribution in [0, 0.1) is 0 Å². The Morgan fingerprint density at radius 2 is 1.86 bits per heavy atom. The molecule has 3 nitrogen and oxygen atoms in total. The summed E-state index contributed by atoms with van der Waals surface area (Å²) in [5.74, 6) is 0. The molecule has 70 valence electrons. The smallest absolute Gasteiger partial charge is 0.597 e. The van der Waals surface area contributed by atoms with E-state index in [9.17, 15) is 5.11 Å². The maximum absolute atomic E-state index is 11.0. The van der Waals surface area contributed by atoms with Crippen molar-refractivity contribution in [3.8, 4) is 0 Å². The minimum atomic E-state index is -0.541. The fourth-order valence-electron chi connectivity index (χ4n) is 0.836. The minimum Gasteiger partial charge on any atom is -0.597 e. The van der Waals surface area contributed by atoms with Crippen LogP contribution in [0.1, 0.15) is 13.8 Å². The van der Waals surface area contributed by atoms with Gasteiger partial charge in [0.1, 0.15) is 0 Å². The first-order valence-electron chi connectivity index (χ1n) is 4.16. The Balaban J connectivity index is 0.00000169. The van der Waals surface area contributed by atoms with Gasteiger partial charge in [-0.1, -0.05) is 32.0 Å². The van der Waals surface area contributed by atoms with E-state index in [1.165, 1.54) is 0 Å². The maximum Gasteiger partial charge on any atom is 1.00 e. The second-order valence-corrected chi connectivity index (χ2v) is 2.88. The predicted octanol–water partition coefficient (Wildman–Crippen LogP) is -1.54. The summed E-state index contributed by atoms with van der Waals surface area (Å²) in [7, 11) is 0. The Bertz CT molecular complexity index is 285. The van der Waals surface area contributed by atoms with E-state index in [-0.39, 0.29) is 35.7 Å². The minimum absolute atomic E-state index is 0. The van der Waals surface area contributed by atoms with E-state index in [2.05, 4.69) is 4.99 Å².